The molecule has 0 saturated carbocycles. The Balaban J connectivity index is 2.04. The van der Waals surface area contributed by atoms with Gasteiger partial charge in [0.1, 0.15) is 0 Å². The molecular weight excluding hydrogens is 345 g/mol. The summed E-state index contributed by atoms with van der Waals surface area (Å²) in [6.07, 6.45) is 0.857. The quantitative estimate of drug-likeness (QED) is 0.525. The molecule has 0 radical (unpaired) electrons. The smallest absolute Gasteiger partial charge is 0.320 e. The van der Waals surface area contributed by atoms with E-state index in [0.29, 0.717) is 17.2 Å². The van der Waals surface area contributed by atoms with Crippen LogP contribution in [0.15, 0.2) is 60.7 Å². The van der Waals surface area contributed by atoms with Crippen molar-refractivity contribution in [1.29, 1.82) is 0 Å². The third kappa shape index (κ3) is 5.45. The number of amides is 2. The summed E-state index contributed by atoms with van der Waals surface area (Å²) in [6.45, 7) is 7.73. The first-order valence-corrected chi connectivity index (χ1v) is 10.8. The van der Waals surface area contributed by atoms with Crippen LogP contribution in [0.3, 0.4) is 0 Å². The molecule has 0 bridgehead atoms. The van der Waals surface area contributed by atoms with Gasteiger partial charge in [0.2, 0.25) is 7.29 Å². The van der Waals surface area contributed by atoms with E-state index in [9.17, 15) is 9.36 Å². The first-order chi connectivity index (χ1) is 12.6. The molecule has 0 aliphatic heterocycles. The van der Waals surface area contributed by atoms with Gasteiger partial charge in [-0.15, -0.1) is 0 Å². The number of urea groups is 1. The van der Waals surface area contributed by atoms with Gasteiger partial charge < -0.3 is 10.2 Å². The van der Waals surface area contributed by atoms with Crippen molar-refractivity contribution in [2.45, 2.75) is 20.3 Å². The summed E-state index contributed by atoms with van der Waals surface area (Å²) in [5.74, 6) is 0. The number of carbonyl (C=O) groups is 1. The van der Waals surface area contributed by atoms with E-state index in [1.807, 2.05) is 36.4 Å². The molecule has 0 spiro atoms. The van der Waals surface area contributed by atoms with E-state index in [1.54, 1.807) is 24.3 Å². The van der Waals surface area contributed by atoms with Gasteiger partial charge in [0, 0.05) is 17.2 Å². The zero-order valence-electron chi connectivity index (χ0n) is 15.5. The first-order valence-electron chi connectivity index (χ1n) is 9.10. The van der Waals surface area contributed by atoms with E-state index in [2.05, 4.69) is 29.2 Å². The third-order valence-corrected chi connectivity index (χ3v) is 6.90. The van der Waals surface area contributed by atoms with Crippen LogP contribution in [0.25, 0.3) is 0 Å². The molecule has 2 aromatic rings. The molecule has 0 aromatic heterocycles. The van der Waals surface area contributed by atoms with Crippen molar-refractivity contribution >= 4 is 23.9 Å². The Bertz CT molecular complexity index is 675. The minimum Gasteiger partial charge on any atom is -0.338 e. The zero-order valence-corrected chi connectivity index (χ0v) is 16.4. The molecule has 26 heavy (non-hydrogen) atoms. The summed E-state index contributed by atoms with van der Waals surface area (Å²) in [4.78, 5) is 14.7. The number of nitrogens with zero attached hydrogens (tertiary/aromatic N) is 1. The molecule has 0 aliphatic rings. The summed E-state index contributed by atoms with van der Waals surface area (Å²) < 4.78 is 13.7. The predicted octanol–water partition coefficient (Wildman–Crippen LogP) is 2.95. The molecule has 0 aliphatic carbocycles. The van der Waals surface area contributed by atoms with E-state index < -0.39 is 13.3 Å². The van der Waals surface area contributed by atoms with Crippen LogP contribution in [0.1, 0.15) is 20.3 Å². The normalized spacial score (nSPS) is 11.3. The van der Waals surface area contributed by atoms with E-state index in [0.717, 1.165) is 26.1 Å². The highest BCUT2D eigenvalue weighted by atomic mass is 31.2. The topological polar surface area (TPSA) is 61.4 Å². The average Bonchev–Trinajstić information content (AvgIpc) is 2.69. The molecule has 2 rings (SSSR count). The van der Waals surface area contributed by atoms with Crippen LogP contribution in [0.2, 0.25) is 0 Å². The van der Waals surface area contributed by atoms with E-state index in [1.165, 1.54) is 0 Å². The van der Waals surface area contributed by atoms with Crippen molar-refractivity contribution < 1.29 is 9.36 Å². The highest BCUT2D eigenvalue weighted by Gasteiger charge is 2.29. The third-order valence-electron chi connectivity index (χ3n) is 4.33. The Kier molecular flexibility index (Phi) is 7.89. The van der Waals surface area contributed by atoms with Crippen LogP contribution in [0, 0.1) is 0 Å². The van der Waals surface area contributed by atoms with Gasteiger partial charge in [-0.05, 0) is 50.3 Å². The van der Waals surface area contributed by atoms with Crippen molar-refractivity contribution in [3.05, 3.63) is 60.7 Å². The summed E-state index contributed by atoms with van der Waals surface area (Å²) in [7, 11) is -3.23. The summed E-state index contributed by atoms with van der Waals surface area (Å²) >= 11 is 0. The molecule has 2 amide bonds. The lowest BCUT2D eigenvalue weighted by molar-refractivity contribution is 0.244. The molecule has 140 valence electrons. The number of hydrogen-bond acceptors (Lipinski definition) is 3. The molecule has 0 saturated heterocycles. The Morgan fingerprint density at radius 1 is 0.923 bits per heavy atom. The van der Waals surface area contributed by atoms with E-state index >= 15 is 0 Å². The van der Waals surface area contributed by atoms with Crippen molar-refractivity contribution in [2.24, 2.45) is 0 Å². The lowest BCUT2D eigenvalue weighted by Gasteiger charge is -2.21. The monoisotopic (exact) mass is 373 g/mol. The molecule has 0 atom stereocenters. The second-order valence-corrected chi connectivity index (χ2v) is 8.50. The Morgan fingerprint density at radius 3 is 1.88 bits per heavy atom. The highest BCUT2D eigenvalue weighted by Crippen LogP contribution is 2.38. The number of nitrogens with one attached hydrogen (secondary N) is 2. The van der Waals surface area contributed by atoms with Crippen LogP contribution in [-0.2, 0) is 4.57 Å². The SMILES string of the molecule is CCN(CC)CCCNC(=O)NP(=O)(c1ccccc1)c1ccccc1. The minimum absolute atomic E-state index is 0.402. The number of hydrogen-bond donors (Lipinski definition) is 2. The maximum Gasteiger partial charge on any atom is 0.320 e. The molecule has 6 heteroatoms. The molecule has 0 fully saturated rings. The fourth-order valence-corrected chi connectivity index (χ4v) is 4.89. The predicted molar refractivity (Wildman–Crippen MR) is 109 cm³/mol. The maximum absolute atomic E-state index is 13.7. The van der Waals surface area contributed by atoms with Crippen LogP contribution < -0.4 is 21.0 Å². The molecule has 2 aromatic carbocycles. The van der Waals surface area contributed by atoms with Crippen molar-refractivity contribution in [1.82, 2.24) is 15.3 Å². The van der Waals surface area contributed by atoms with Crippen LogP contribution in [-0.4, -0.2) is 37.1 Å². The minimum atomic E-state index is -3.23. The molecule has 5 nitrogen and oxygen atoms in total. The lowest BCUT2D eigenvalue weighted by atomic mass is 10.3. The standard InChI is InChI=1S/C20H28N3O2P/c1-3-23(4-2)17-11-16-21-20(24)22-26(25,18-12-7-5-8-13-18)19-14-9-6-10-15-19/h5-10,12-15H,3-4,11,16-17H2,1-2H3,(H2,21,22,24,25). The summed E-state index contributed by atoms with van der Waals surface area (Å²) in [5.41, 5.74) is 0. The van der Waals surface area contributed by atoms with Gasteiger partial charge in [-0.25, -0.2) is 4.79 Å². The fraction of sp³-hybridized carbons (Fsp3) is 0.350. The number of carbonyl (C=O) groups excluding carboxylic acids is 1. The zero-order chi connectivity index (χ0) is 18.8. The molecule has 0 unspecified atom stereocenters. The van der Waals surface area contributed by atoms with Crippen molar-refractivity contribution in [3.8, 4) is 0 Å². The first kappa shape index (κ1) is 20.2. The van der Waals surface area contributed by atoms with Gasteiger partial charge in [0.25, 0.3) is 0 Å². The lowest BCUT2D eigenvalue weighted by Crippen LogP contribution is -2.40. The van der Waals surface area contributed by atoms with Gasteiger partial charge >= 0.3 is 6.03 Å². The van der Waals surface area contributed by atoms with Gasteiger partial charge in [0.15, 0.2) is 0 Å². The fourth-order valence-electron chi connectivity index (χ4n) is 2.78. The van der Waals surface area contributed by atoms with Gasteiger partial charge in [-0.1, -0.05) is 50.2 Å². The van der Waals surface area contributed by atoms with Gasteiger partial charge in [-0.3, -0.25) is 9.65 Å². The number of benzene rings is 2. The van der Waals surface area contributed by atoms with Gasteiger partial charge in [0.05, 0.1) is 0 Å². The summed E-state index contributed by atoms with van der Waals surface area (Å²) in [6, 6.07) is 17.8. The number of rotatable bonds is 9. The van der Waals surface area contributed by atoms with Crippen molar-refractivity contribution in [2.75, 3.05) is 26.2 Å². The Morgan fingerprint density at radius 2 is 1.42 bits per heavy atom. The maximum atomic E-state index is 13.7. The van der Waals surface area contributed by atoms with Gasteiger partial charge in [-0.2, -0.15) is 0 Å². The van der Waals surface area contributed by atoms with Crippen LogP contribution >= 0.6 is 7.29 Å². The average molecular weight is 373 g/mol. The van der Waals surface area contributed by atoms with E-state index in [4.69, 9.17) is 0 Å². The Labute approximate surface area is 156 Å². The molecule has 2 N–H and O–H groups in total. The molecular formula is C20H28N3O2P. The summed E-state index contributed by atoms with van der Waals surface area (Å²) in [5, 5.41) is 6.80. The highest BCUT2D eigenvalue weighted by molar-refractivity contribution is 7.77. The van der Waals surface area contributed by atoms with Crippen LogP contribution in [0.5, 0.6) is 0 Å². The van der Waals surface area contributed by atoms with Crippen molar-refractivity contribution in [3.63, 3.8) is 0 Å². The largest absolute Gasteiger partial charge is 0.338 e. The van der Waals surface area contributed by atoms with E-state index in [-0.39, 0.29) is 0 Å². The van der Waals surface area contributed by atoms with Crippen LogP contribution in [0.4, 0.5) is 4.79 Å². The second kappa shape index (κ2) is 10.1. The Hall–Kier alpha value is -2.10. The molecule has 0 heterocycles. The second-order valence-electron chi connectivity index (χ2n) is 6.03.